The molecule has 0 saturated carbocycles. The van der Waals surface area contributed by atoms with Crippen LogP contribution in [0.15, 0.2) is 18.2 Å². The summed E-state index contributed by atoms with van der Waals surface area (Å²) >= 11 is 5.69. The van der Waals surface area contributed by atoms with Crippen molar-refractivity contribution < 1.29 is 32.8 Å². The number of hydrogen-bond acceptors (Lipinski definition) is 5. The Hall–Kier alpha value is -1.98. The SMILES string of the molecule is CC(C)C[C@@H](NC(=O)CNC(=O)[C@@H]1CCN1c1ccc(Cl)cc1C(F)(F)F)B(O)O. The van der Waals surface area contributed by atoms with E-state index in [-0.39, 0.29) is 23.2 Å². The van der Waals surface area contributed by atoms with Gasteiger partial charge in [0.2, 0.25) is 11.8 Å². The van der Waals surface area contributed by atoms with Gasteiger partial charge in [0.15, 0.2) is 0 Å². The summed E-state index contributed by atoms with van der Waals surface area (Å²) < 4.78 is 40.0. The number of benzene rings is 1. The highest BCUT2D eigenvalue weighted by atomic mass is 35.5. The quantitative estimate of drug-likeness (QED) is 0.452. The molecule has 1 aromatic carbocycles. The van der Waals surface area contributed by atoms with Crippen LogP contribution in [0.2, 0.25) is 5.02 Å². The number of anilines is 1. The minimum Gasteiger partial charge on any atom is -0.426 e. The maximum atomic E-state index is 13.3. The molecule has 1 aliphatic rings. The number of nitrogens with one attached hydrogen (secondary N) is 2. The summed E-state index contributed by atoms with van der Waals surface area (Å²) in [6.45, 7) is 3.51. The third kappa shape index (κ3) is 6.26. The standard InChI is InChI=1S/C18H24BClF3N3O4/c1-10(2)7-15(19(29)30)25-16(27)9-24-17(28)14-5-6-26(14)13-4-3-11(20)8-12(13)18(21,22)23/h3-4,8,10,14-15,29-30H,5-7,9H2,1-2H3,(H,24,28)(H,25,27)/t14-,15+/m0/s1. The van der Waals surface area contributed by atoms with Crippen LogP contribution in [-0.2, 0) is 15.8 Å². The topological polar surface area (TPSA) is 102 Å². The highest BCUT2D eigenvalue weighted by molar-refractivity contribution is 6.43. The summed E-state index contributed by atoms with van der Waals surface area (Å²) in [6.07, 6.45) is -3.98. The van der Waals surface area contributed by atoms with Crippen LogP contribution in [-0.4, -0.2) is 54.1 Å². The molecule has 30 heavy (non-hydrogen) atoms. The van der Waals surface area contributed by atoms with Crippen LogP contribution in [0.3, 0.4) is 0 Å². The Kier molecular flexibility index (Phi) is 8.01. The molecular weight excluding hydrogens is 425 g/mol. The van der Waals surface area contributed by atoms with Crippen molar-refractivity contribution in [2.24, 2.45) is 5.92 Å². The highest BCUT2D eigenvalue weighted by Gasteiger charge is 2.41. The van der Waals surface area contributed by atoms with Crippen LogP contribution in [0.25, 0.3) is 0 Å². The van der Waals surface area contributed by atoms with Gasteiger partial charge in [0.25, 0.3) is 0 Å². The lowest BCUT2D eigenvalue weighted by Crippen LogP contribution is -2.58. The molecule has 0 aliphatic carbocycles. The maximum Gasteiger partial charge on any atom is 0.475 e. The first-order valence-electron chi connectivity index (χ1n) is 9.46. The average molecular weight is 450 g/mol. The van der Waals surface area contributed by atoms with Crippen LogP contribution < -0.4 is 15.5 Å². The van der Waals surface area contributed by atoms with Crippen LogP contribution in [0.5, 0.6) is 0 Å². The van der Waals surface area contributed by atoms with E-state index in [1.807, 2.05) is 13.8 Å². The Morgan fingerprint density at radius 2 is 2.00 bits per heavy atom. The van der Waals surface area contributed by atoms with Gasteiger partial charge in [-0.2, -0.15) is 13.2 Å². The molecule has 2 atom stereocenters. The Balaban J connectivity index is 1.98. The van der Waals surface area contributed by atoms with E-state index in [0.717, 1.165) is 6.07 Å². The molecule has 0 aromatic heterocycles. The fraction of sp³-hybridized carbons (Fsp3) is 0.556. The van der Waals surface area contributed by atoms with E-state index in [0.29, 0.717) is 12.8 Å². The minimum atomic E-state index is -4.63. The second kappa shape index (κ2) is 9.89. The molecule has 1 fully saturated rings. The normalized spacial score (nSPS) is 17.4. The molecule has 0 bridgehead atoms. The van der Waals surface area contributed by atoms with Gasteiger partial charge in [-0.05, 0) is 37.0 Å². The van der Waals surface area contributed by atoms with Crippen LogP contribution in [0.1, 0.15) is 32.3 Å². The molecule has 1 aromatic rings. The molecule has 2 amide bonds. The van der Waals surface area contributed by atoms with E-state index in [2.05, 4.69) is 10.6 Å². The molecule has 1 saturated heterocycles. The summed E-state index contributed by atoms with van der Waals surface area (Å²) in [5.41, 5.74) is -1.08. The first kappa shape index (κ1) is 24.3. The predicted octanol–water partition coefficient (Wildman–Crippen LogP) is 1.60. The summed E-state index contributed by atoms with van der Waals surface area (Å²) in [5.74, 6) is -2.02. The van der Waals surface area contributed by atoms with E-state index in [4.69, 9.17) is 11.6 Å². The van der Waals surface area contributed by atoms with Gasteiger partial charge in [0.1, 0.15) is 6.04 Å². The summed E-state index contributed by atoms with van der Waals surface area (Å²) in [4.78, 5) is 25.7. The van der Waals surface area contributed by atoms with Crippen molar-refractivity contribution in [1.82, 2.24) is 10.6 Å². The second-order valence-corrected chi connectivity index (χ2v) is 8.03. The maximum absolute atomic E-state index is 13.3. The lowest BCUT2D eigenvalue weighted by molar-refractivity contribution is -0.137. The Morgan fingerprint density at radius 3 is 2.50 bits per heavy atom. The zero-order valence-corrected chi connectivity index (χ0v) is 17.3. The fourth-order valence-corrected chi connectivity index (χ4v) is 3.41. The van der Waals surface area contributed by atoms with Crippen molar-refractivity contribution in [1.29, 1.82) is 0 Å². The van der Waals surface area contributed by atoms with Gasteiger partial charge in [-0.15, -0.1) is 0 Å². The van der Waals surface area contributed by atoms with Gasteiger partial charge in [0, 0.05) is 17.3 Å². The summed E-state index contributed by atoms with van der Waals surface area (Å²) in [5, 5.41) is 23.4. The van der Waals surface area contributed by atoms with Gasteiger partial charge >= 0.3 is 13.3 Å². The number of carbonyl (C=O) groups is 2. The summed E-state index contributed by atoms with van der Waals surface area (Å²) in [7, 11) is -1.75. The Bertz CT molecular complexity index is 780. The van der Waals surface area contributed by atoms with Crippen LogP contribution in [0, 0.1) is 5.92 Å². The van der Waals surface area contributed by atoms with E-state index < -0.39 is 49.2 Å². The van der Waals surface area contributed by atoms with Crippen molar-refractivity contribution >= 4 is 36.2 Å². The molecule has 166 valence electrons. The molecule has 7 nitrogen and oxygen atoms in total. The highest BCUT2D eigenvalue weighted by Crippen LogP contribution is 2.40. The molecule has 1 heterocycles. The zero-order chi connectivity index (χ0) is 22.6. The number of amides is 2. The van der Waals surface area contributed by atoms with Gasteiger partial charge in [-0.25, -0.2) is 0 Å². The third-order valence-corrected chi connectivity index (χ3v) is 4.99. The molecular formula is C18H24BClF3N3O4. The minimum absolute atomic E-state index is 0.0636. The number of halogens is 4. The van der Waals surface area contributed by atoms with Crippen molar-refractivity contribution in [3.05, 3.63) is 28.8 Å². The molecule has 1 aliphatic heterocycles. The number of alkyl halides is 3. The Labute approximate surface area is 177 Å². The first-order chi connectivity index (χ1) is 13.9. The van der Waals surface area contributed by atoms with E-state index in [1.54, 1.807) is 0 Å². The molecule has 0 unspecified atom stereocenters. The van der Waals surface area contributed by atoms with Crippen LogP contribution in [0.4, 0.5) is 18.9 Å². The summed E-state index contributed by atoms with van der Waals surface area (Å²) in [6, 6.07) is 2.50. The largest absolute Gasteiger partial charge is 0.475 e. The van der Waals surface area contributed by atoms with Crippen molar-refractivity contribution in [2.45, 2.75) is 44.8 Å². The lowest BCUT2D eigenvalue weighted by atomic mass is 9.75. The number of hydrogen-bond donors (Lipinski definition) is 4. The van der Waals surface area contributed by atoms with Crippen LogP contribution >= 0.6 is 11.6 Å². The van der Waals surface area contributed by atoms with E-state index in [9.17, 15) is 32.8 Å². The van der Waals surface area contributed by atoms with Crippen molar-refractivity contribution in [3.63, 3.8) is 0 Å². The molecule has 0 spiro atoms. The number of nitrogens with zero attached hydrogens (tertiary/aromatic N) is 1. The molecule has 0 radical (unpaired) electrons. The first-order valence-corrected chi connectivity index (χ1v) is 9.84. The number of rotatable bonds is 8. The van der Waals surface area contributed by atoms with E-state index in [1.165, 1.54) is 17.0 Å². The Morgan fingerprint density at radius 1 is 1.33 bits per heavy atom. The van der Waals surface area contributed by atoms with Crippen molar-refractivity contribution in [2.75, 3.05) is 18.0 Å². The van der Waals surface area contributed by atoms with E-state index >= 15 is 0 Å². The van der Waals surface area contributed by atoms with Crippen molar-refractivity contribution in [3.8, 4) is 0 Å². The predicted molar refractivity (Wildman–Crippen MR) is 107 cm³/mol. The third-order valence-electron chi connectivity index (χ3n) is 4.75. The van der Waals surface area contributed by atoms with Gasteiger partial charge in [-0.3, -0.25) is 9.59 Å². The zero-order valence-electron chi connectivity index (χ0n) is 16.5. The lowest BCUT2D eigenvalue weighted by Gasteiger charge is -2.42. The number of carbonyl (C=O) groups excluding carboxylic acids is 2. The van der Waals surface area contributed by atoms with Gasteiger partial charge in [0.05, 0.1) is 18.0 Å². The van der Waals surface area contributed by atoms with Gasteiger partial charge < -0.3 is 25.6 Å². The second-order valence-electron chi connectivity index (χ2n) is 7.59. The monoisotopic (exact) mass is 449 g/mol. The average Bonchev–Trinajstić information content (AvgIpc) is 2.58. The molecule has 2 rings (SSSR count). The molecule has 12 heteroatoms. The fourth-order valence-electron chi connectivity index (χ4n) is 3.24. The molecule has 4 N–H and O–H groups in total. The van der Waals surface area contributed by atoms with Gasteiger partial charge in [-0.1, -0.05) is 25.4 Å². The smallest absolute Gasteiger partial charge is 0.426 e.